The van der Waals surface area contributed by atoms with Gasteiger partial charge >= 0.3 is 6.09 Å². The van der Waals surface area contributed by atoms with Crippen molar-refractivity contribution in [1.82, 2.24) is 4.90 Å². The molecule has 0 N–H and O–H groups in total. The highest BCUT2D eigenvalue weighted by Gasteiger charge is 2.49. The molecule has 0 radical (unpaired) electrons. The summed E-state index contributed by atoms with van der Waals surface area (Å²) in [6.45, 7) is 13.8. The summed E-state index contributed by atoms with van der Waals surface area (Å²) in [4.78, 5) is 25.9. The number of rotatable bonds is 6. The molecule has 0 spiro atoms. The molecule has 0 bridgehead atoms. The Kier molecular flexibility index (Phi) is 7.16. The molecule has 1 aliphatic rings. The number of methoxy groups -OCH3 is 1. The van der Waals surface area contributed by atoms with Crippen molar-refractivity contribution >= 4 is 12.6 Å². The van der Waals surface area contributed by atoms with E-state index in [9.17, 15) is 9.59 Å². The number of amides is 1. The van der Waals surface area contributed by atoms with Gasteiger partial charge in [-0.3, -0.25) is 9.69 Å². The number of ether oxygens (including phenoxy) is 4. The van der Waals surface area contributed by atoms with Gasteiger partial charge in [0.15, 0.2) is 6.23 Å². The average molecular weight is 408 g/mol. The Labute approximate surface area is 173 Å². The van der Waals surface area contributed by atoms with Crippen LogP contribution in [0.1, 0.15) is 64.0 Å². The van der Waals surface area contributed by atoms with Crippen molar-refractivity contribution < 1.29 is 28.5 Å². The van der Waals surface area contributed by atoms with Gasteiger partial charge in [-0.1, -0.05) is 13.8 Å². The van der Waals surface area contributed by atoms with Crippen LogP contribution >= 0.6 is 0 Å². The Balaban J connectivity index is 2.55. The van der Waals surface area contributed by atoms with Crippen molar-refractivity contribution in [1.29, 1.82) is 0 Å². The minimum Gasteiger partial charge on any atom is -0.497 e. The van der Waals surface area contributed by atoms with E-state index in [0.29, 0.717) is 12.9 Å². The number of aryl methyl sites for hydroxylation is 2. The van der Waals surface area contributed by atoms with Gasteiger partial charge in [0.05, 0.1) is 7.11 Å². The molecule has 1 amide bonds. The van der Waals surface area contributed by atoms with Crippen molar-refractivity contribution in [3.8, 4) is 5.75 Å². The van der Waals surface area contributed by atoms with E-state index in [1.165, 1.54) is 0 Å². The standard InChI is InChI=1S/C22H33NO6/c1-13(2)9-17-20(27-12-24)28-19(23(17)21(25)29-22(5,6)7)18-14(3)10-16(26-8)11-15(18)4/h10-13,17,19-20H,9H2,1-8H3/t17-,19?,20+/m0/s1. The van der Waals surface area contributed by atoms with E-state index in [1.807, 2.05) is 60.6 Å². The topological polar surface area (TPSA) is 74.3 Å². The Morgan fingerprint density at radius 3 is 2.28 bits per heavy atom. The van der Waals surface area contributed by atoms with Gasteiger partial charge in [-0.2, -0.15) is 0 Å². The molecule has 1 heterocycles. The van der Waals surface area contributed by atoms with Gasteiger partial charge in [0.25, 0.3) is 6.47 Å². The van der Waals surface area contributed by atoms with Crippen LogP contribution in [0, 0.1) is 19.8 Å². The van der Waals surface area contributed by atoms with Crippen molar-refractivity contribution in [2.45, 2.75) is 79.0 Å². The van der Waals surface area contributed by atoms with Crippen LogP contribution in [0.3, 0.4) is 0 Å². The molecular formula is C22H33NO6. The number of carbonyl (C=O) groups excluding carboxylic acids is 2. The van der Waals surface area contributed by atoms with E-state index in [1.54, 1.807) is 12.0 Å². The second-order valence-corrected chi connectivity index (χ2v) is 8.85. The lowest BCUT2D eigenvalue weighted by Crippen LogP contribution is -2.44. The summed E-state index contributed by atoms with van der Waals surface area (Å²) in [5.41, 5.74) is 1.99. The molecular weight excluding hydrogens is 374 g/mol. The zero-order valence-electron chi connectivity index (χ0n) is 18.6. The number of benzene rings is 1. The second kappa shape index (κ2) is 9.03. The molecule has 1 aliphatic heterocycles. The van der Waals surface area contributed by atoms with E-state index < -0.39 is 30.3 Å². The van der Waals surface area contributed by atoms with Crippen LogP contribution in [-0.4, -0.2) is 42.5 Å². The third-order valence-electron chi connectivity index (χ3n) is 4.74. The molecule has 1 fully saturated rings. The van der Waals surface area contributed by atoms with Crippen LogP contribution in [-0.2, 0) is 19.0 Å². The lowest BCUT2D eigenvalue weighted by atomic mass is 9.98. The molecule has 162 valence electrons. The summed E-state index contributed by atoms with van der Waals surface area (Å²) in [6.07, 6.45) is -1.50. The molecule has 3 atom stereocenters. The van der Waals surface area contributed by atoms with Gasteiger partial charge in [-0.25, -0.2) is 4.79 Å². The highest BCUT2D eigenvalue weighted by molar-refractivity contribution is 5.70. The van der Waals surface area contributed by atoms with Crippen molar-refractivity contribution in [2.75, 3.05) is 7.11 Å². The van der Waals surface area contributed by atoms with E-state index >= 15 is 0 Å². The Morgan fingerprint density at radius 1 is 1.24 bits per heavy atom. The maximum atomic E-state index is 13.2. The van der Waals surface area contributed by atoms with Crippen LogP contribution in [0.4, 0.5) is 4.79 Å². The molecule has 1 saturated heterocycles. The van der Waals surface area contributed by atoms with Crippen LogP contribution in [0.25, 0.3) is 0 Å². The summed E-state index contributed by atoms with van der Waals surface area (Å²) < 4.78 is 22.4. The lowest BCUT2D eigenvalue weighted by molar-refractivity contribution is -0.163. The zero-order valence-corrected chi connectivity index (χ0v) is 18.6. The second-order valence-electron chi connectivity index (χ2n) is 8.85. The van der Waals surface area contributed by atoms with Crippen molar-refractivity contribution in [3.05, 3.63) is 28.8 Å². The molecule has 29 heavy (non-hydrogen) atoms. The predicted molar refractivity (Wildman–Crippen MR) is 109 cm³/mol. The molecule has 7 heteroatoms. The molecule has 0 aromatic heterocycles. The molecule has 1 unspecified atom stereocenters. The monoisotopic (exact) mass is 407 g/mol. The van der Waals surface area contributed by atoms with E-state index in [0.717, 1.165) is 22.4 Å². The van der Waals surface area contributed by atoms with E-state index in [-0.39, 0.29) is 5.92 Å². The summed E-state index contributed by atoms with van der Waals surface area (Å²) in [5.74, 6) is 0.980. The molecule has 1 aromatic rings. The first kappa shape index (κ1) is 23.0. The quantitative estimate of drug-likeness (QED) is 0.647. The fourth-order valence-electron chi connectivity index (χ4n) is 3.67. The number of hydrogen-bond donors (Lipinski definition) is 0. The smallest absolute Gasteiger partial charge is 0.413 e. The summed E-state index contributed by atoms with van der Waals surface area (Å²) >= 11 is 0. The lowest BCUT2D eigenvalue weighted by Gasteiger charge is -2.32. The zero-order chi connectivity index (χ0) is 21.9. The first-order valence-electron chi connectivity index (χ1n) is 9.89. The van der Waals surface area contributed by atoms with Gasteiger partial charge < -0.3 is 18.9 Å². The SMILES string of the molecule is COc1cc(C)c(C2O[C@@H](OC=O)[C@H](CC(C)C)N2C(=O)OC(C)(C)C)c(C)c1. The van der Waals surface area contributed by atoms with Crippen molar-refractivity contribution in [2.24, 2.45) is 5.92 Å². The molecule has 0 saturated carbocycles. The minimum atomic E-state index is -0.867. The fourth-order valence-corrected chi connectivity index (χ4v) is 3.67. The highest BCUT2D eigenvalue weighted by Crippen LogP contribution is 2.41. The van der Waals surface area contributed by atoms with E-state index in [2.05, 4.69) is 0 Å². The maximum absolute atomic E-state index is 13.2. The molecule has 0 aliphatic carbocycles. The van der Waals surface area contributed by atoms with Crippen LogP contribution in [0.2, 0.25) is 0 Å². The largest absolute Gasteiger partial charge is 0.497 e. The summed E-state index contributed by atoms with van der Waals surface area (Å²) in [6, 6.07) is 3.33. The van der Waals surface area contributed by atoms with Crippen LogP contribution in [0.5, 0.6) is 5.75 Å². The van der Waals surface area contributed by atoms with Gasteiger partial charge in [0.1, 0.15) is 17.4 Å². The first-order chi connectivity index (χ1) is 13.5. The summed E-state index contributed by atoms with van der Waals surface area (Å²) in [7, 11) is 1.61. The highest BCUT2D eigenvalue weighted by atomic mass is 16.7. The Bertz CT molecular complexity index is 716. The first-order valence-corrected chi connectivity index (χ1v) is 9.89. The molecule has 2 rings (SSSR count). The normalized spacial score (nSPS) is 22.0. The van der Waals surface area contributed by atoms with E-state index in [4.69, 9.17) is 18.9 Å². The maximum Gasteiger partial charge on any atom is 0.413 e. The summed E-state index contributed by atoms with van der Waals surface area (Å²) in [5, 5.41) is 0. The number of hydrogen-bond acceptors (Lipinski definition) is 6. The predicted octanol–water partition coefficient (Wildman–Crippen LogP) is 4.49. The average Bonchev–Trinajstić information content (AvgIpc) is 2.90. The van der Waals surface area contributed by atoms with Crippen LogP contribution in [0.15, 0.2) is 12.1 Å². The third-order valence-corrected chi connectivity index (χ3v) is 4.74. The third kappa shape index (κ3) is 5.41. The minimum absolute atomic E-state index is 0.253. The van der Waals surface area contributed by atoms with Crippen LogP contribution < -0.4 is 4.74 Å². The van der Waals surface area contributed by atoms with Gasteiger partial charge in [0.2, 0.25) is 6.29 Å². The Hall–Kier alpha value is -2.28. The van der Waals surface area contributed by atoms with Crippen molar-refractivity contribution in [3.63, 3.8) is 0 Å². The molecule has 1 aromatic carbocycles. The Morgan fingerprint density at radius 2 is 1.83 bits per heavy atom. The van der Waals surface area contributed by atoms with Gasteiger partial charge in [-0.15, -0.1) is 0 Å². The molecule has 7 nitrogen and oxygen atoms in total. The fraction of sp³-hybridized carbons (Fsp3) is 0.636. The number of nitrogens with zero attached hydrogens (tertiary/aromatic N) is 1. The number of carbonyl (C=O) groups is 2. The van der Waals surface area contributed by atoms with Gasteiger partial charge in [-0.05, 0) is 70.2 Å². The van der Waals surface area contributed by atoms with Gasteiger partial charge in [0, 0.05) is 5.56 Å².